The Labute approximate surface area is 107 Å². The van der Waals surface area contributed by atoms with Gasteiger partial charge in [0.1, 0.15) is 13.2 Å². The van der Waals surface area contributed by atoms with Crippen LogP contribution in [-0.4, -0.2) is 39.0 Å². The van der Waals surface area contributed by atoms with Crippen LogP contribution in [0.5, 0.6) is 11.6 Å². The molecule has 17 heavy (non-hydrogen) atoms. The number of rotatable bonds is 3. The molecular weight excluding hydrogens is 314 g/mol. The molecule has 8 heteroatoms. The molecule has 2 heterocycles. The zero-order chi connectivity index (χ0) is 12.5. The van der Waals surface area contributed by atoms with Crippen molar-refractivity contribution in [1.82, 2.24) is 4.98 Å². The summed E-state index contributed by atoms with van der Waals surface area (Å²) in [7, 11) is -3.47. The van der Waals surface area contributed by atoms with Crippen molar-refractivity contribution in [3.8, 4) is 11.6 Å². The first-order chi connectivity index (χ1) is 7.96. The molecule has 1 aromatic heterocycles. The van der Waals surface area contributed by atoms with Gasteiger partial charge in [0, 0.05) is 6.20 Å². The molecule has 94 valence electrons. The predicted octanol–water partition coefficient (Wildman–Crippen LogP) is 0.960. The van der Waals surface area contributed by atoms with Crippen LogP contribution >= 0.6 is 15.9 Å². The molecule has 2 rings (SSSR count). The summed E-state index contributed by atoms with van der Waals surface area (Å²) < 4.78 is 37.9. The van der Waals surface area contributed by atoms with Gasteiger partial charge in [0.2, 0.25) is 0 Å². The van der Waals surface area contributed by atoms with Gasteiger partial charge >= 0.3 is 0 Å². The molecule has 1 atom stereocenters. The van der Waals surface area contributed by atoms with Crippen LogP contribution in [0.1, 0.15) is 0 Å². The quantitative estimate of drug-likeness (QED) is 0.771. The molecule has 6 nitrogen and oxygen atoms in total. The molecule has 0 radical (unpaired) electrons. The Balaban J connectivity index is 2.04. The third kappa shape index (κ3) is 3.30. The van der Waals surface area contributed by atoms with E-state index >= 15 is 0 Å². The van der Waals surface area contributed by atoms with E-state index in [1.54, 1.807) is 12.3 Å². The predicted molar refractivity (Wildman–Crippen MR) is 62.6 cm³/mol. The molecule has 0 aromatic carbocycles. The Morgan fingerprint density at radius 3 is 3.12 bits per heavy atom. The molecule has 1 aliphatic rings. The molecule has 0 aliphatic carbocycles. The van der Waals surface area contributed by atoms with E-state index in [9.17, 15) is 8.42 Å². The lowest BCUT2D eigenvalue weighted by atomic mass is 10.3. The number of aromatic nitrogens is 1. The summed E-state index contributed by atoms with van der Waals surface area (Å²) in [5.74, 6) is 0.843. The first-order valence-electron chi connectivity index (χ1n) is 4.74. The molecule has 0 saturated heterocycles. The van der Waals surface area contributed by atoms with Crippen molar-refractivity contribution in [2.75, 3.05) is 19.5 Å². The van der Waals surface area contributed by atoms with E-state index in [0.29, 0.717) is 11.6 Å². The molecule has 0 fully saturated rings. The van der Waals surface area contributed by atoms with Crippen LogP contribution in [0.3, 0.4) is 0 Å². The summed E-state index contributed by atoms with van der Waals surface area (Å²) in [4.78, 5) is 3.99. The Hall–Kier alpha value is -0.860. The Morgan fingerprint density at radius 1 is 1.65 bits per heavy atom. The second-order valence-electron chi connectivity index (χ2n) is 3.47. The Morgan fingerprint density at radius 2 is 2.41 bits per heavy atom. The second kappa shape index (κ2) is 4.79. The van der Waals surface area contributed by atoms with Gasteiger partial charge in [-0.1, -0.05) is 0 Å². The molecular formula is C9H10BrNO5S. The molecule has 0 spiro atoms. The van der Waals surface area contributed by atoms with Crippen LogP contribution in [0.4, 0.5) is 0 Å². The van der Waals surface area contributed by atoms with Gasteiger partial charge in [-0.15, -0.1) is 0 Å². The minimum Gasteiger partial charge on any atom is -0.483 e. The molecule has 0 bridgehead atoms. The number of hydrogen-bond acceptors (Lipinski definition) is 6. The fourth-order valence-corrected chi connectivity index (χ4v) is 2.07. The van der Waals surface area contributed by atoms with E-state index in [4.69, 9.17) is 9.47 Å². The van der Waals surface area contributed by atoms with Crippen molar-refractivity contribution in [1.29, 1.82) is 0 Å². The maximum absolute atomic E-state index is 10.8. The smallest absolute Gasteiger partial charge is 0.264 e. The summed E-state index contributed by atoms with van der Waals surface area (Å²) >= 11 is 3.30. The second-order valence-corrected chi connectivity index (χ2v) is 5.96. The van der Waals surface area contributed by atoms with Gasteiger partial charge in [-0.05, 0) is 22.0 Å². The van der Waals surface area contributed by atoms with Crippen molar-refractivity contribution in [2.24, 2.45) is 0 Å². The fourth-order valence-electron chi connectivity index (χ4n) is 1.27. The zero-order valence-corrected chi connectivity index (χ0v) is 11.3. The van der Waals surface area contributed by atoms with Gasteiger partial charge in [0.25, 0.3) is 16.0 Å². The summed E-state index contributed by atoms with van der Waals surface area (Å²) in [6.07, 6.45) is 2.06. The molecule has 0 amide bonds. The lowest BCUT2D eigenvalue weighted by Crippen LogP contribution is -2.34. The summed E-state index contributed by atoms with van der Waals surface area (Å²) in [5.41, 5.74) is 0. The average molecular weight is 324 g/mol. The molecule has 0 saturated carbocycles. The van der Waals surface area contributed by atoms with E-state index in [2.05, 4.69) is 25.1 Å². The van der Waals surface area contributed by atoms with E-state index < -0.39 is 16.2 Å². The first-order valence-corrected chi connectivity index (χ1v) is 7.35. The lowest BCUT2D eigenvalue weighted by molar-refractivity contribution is 0.0503. The van der Waals surface area contributed by atoms with Crippen LogP contribution in [0.2, 0.25) is 0 Å². The van der Waals surface area contributed by atoms with Crippen LogP contribution < -0.4 is 9.47 Å². The fraction of sp³-hybridized carbons (Fsp3) is 0.444. The van der Waals surface area contributed by atoms with Crippen molar-refractivity contribution in [3.05, 3.63) is 16.7 Å². The van der Waals surface area contributed by atoms with E-state index in [0.717, 1.165) is 10.7 Å². The third-order valence-corrected chi connectivity index (χ3v) is 3.17. The largest absolute Gasteiger partial charge is 0.483 e. The lowest BCUT2D eigenvalue weighted by Gasteiger charge is -2.25. The normalized spacial score (nSPS) is 19.1. The summed E-state index contributed by atoms with van der Waals surface area (Å²) in [5, 5.41) is 0. The summed E-state index contributed by atoms with van der Waals surface area (Å²) in [6.45, 7) is 0.124. The van der Waals surface area contributed by atoms with Gasteiger partial charge in [0.15, 0.2) is 11.9 Å². The average Bonchev–Trinajstić information content (AvgIpc) is 2.26. The summed E-state index contributed by atoms with van der Waals surface area (Å²) in [6, 6.07) is 1.73. The SMILES string of the molecule is CS(=O)(=O)OC[C@@H]1COc2c(Br)ccnc2O1. The standard InChI is InChI=1S/C9H10BrNO5S/c1-17(12,13)15-5-6-4-14-8-7(10)2-3-11-9(8)16-6/h2-3,6H,4-5H2,1H3/t6-/m0/s1. The van der Waals surface area contributed by atoms with Gasteiger partial charge in [0.05, 0.1) is 10.7 Å². The third-order valence-electron chi connectivity index (χ3n) is 1.98. The van der Waals surface area contributed by atoms with Gasteiger partial charge in [-0.3, -0.25) is 4.18 Å². The van der Waals surface area contributed by atoms with E-state index in [1.165, 1.54) is 0 Å². The molecule has 1 aliphatic heterocycles. The van der Waals surface area contributed by atoms with Crippen LogP contribution in [-0.2, 0) is 14.3 Å². The van der Waals surface area contributed by atoms with E-state index in [1.807, 2.05) is 0 Å². The topological polar surface area (TPSA) is 74.7 Å². The number of hydrogen-bond donors (Lipinski definition) is 0. The highest BCUT2D eigenvalue weighted by atomic mass is 79.9. The molecule has 1 aromatic rings. The number of ether oxygens (including phenoxy) is 2. The van der Waals surface area contributed by atoms with Crippen molar-refractivity contribution in [2.45, 2.75) is 6.10 Å². The van der Waals surface area contributed by atoms with Crippen LogP contribution in [0, 0.1) is 0 Å². The minimum atomic E-state index is -3.47. The monoisotopic (exact) mass is 323 g/mol. The first kappa shape index (κ1) is 12.6. The number of pyridine rings is 1. The number of fused-ring (bicyclic) bond motifs is 1. The number of nitrogens with zero attached hydrogens (tertiary/aromatic N) is 1. The van der Waals surface area contributed by atoms with Gasteiger partial charge in [-0.2, -0.15) is 8.42 Å². The Bertz CT molecular complexity index is 518. The van der Waals surface area contributed by atoms with E-state index in [-0.39, 0.29) is 13.2 Å². The van der Waals surface area contributed by atoms with Crippen LogP contribution in [0.15, 0.2) is 16.7 Å². The highest BCUT2D eigenvalue weighted by molar-refractivity contribution is 9.10. The molecule has 0 N–H and O–H groups in total. The zero-order valence-electron chi connectivity index (χ0n) is 8.92. The van der Waals surface area contributed by atoms with Crippen molar-refractivity contribution in [3.63, 3.8) is 0 Å². The van der Waals surface area contributed by atoms with Crippen molar-refractivity contribution < 1.29 is 22.1 Å². The van der Waals surface area contributed by atoms with Crippen molar-refractivity contribution >= 4 is 26.0 Å². The molecule has 0 unspecified atom stereocenters. The maximum Gasteiger partial charge on any atom is 0.264 e. The van der Waals surface area contributed by atoms with Gasteiger partial charge < -0.3 is 9.47 Å². The number of halogens is 1. The highest BCUT2D eigenvalue weighted by Crippen LogP contribution is 2.36. The Kier molecular flexibility index (Phi) is 3.55. The van der Waals surface area contributed by atoms with Crippen LogP contribution in [0.25, 0.3) is 0 Å². The highest BCUT2D eigenvalue weighted by Gasteiger charge is 2.25. The van der Waals surface area contributed by atoms with Gasteiger partial charge in [-0.25, -0.2) is 4.98 Å². The maximum atomic E-state index is 10.8. The minimum absolute atomic E-state index is 0.0908.